The Kier molecular flexibility index (Phi) is 2.69. The van der Waals surface area contributed by atoms with E-state index in [0.717, 1.165) is 5.56 Å². The number of hydrogen-bond acceptors (Lipinski definition) is 5. The highest BCUT2D eigenvalue weighted by molar-refractivity contribution is 7.98. The highest BCUT2D eigenvalue weighted by Crippen LogP contribution is 2.19. The van der Waals surface area contributed by atoms with Crippen molar-refractivity contribution in [1.82, 2.24) is 20.4 Å². The summed E-state index contributed by atoms with van der Waals surface area (Å²) in [5.74, 6) is 0.556. The number of hydrogen-bond donors (Lipinski definition) is 0. The average molecular weight is 204 g/mol. The smallest absolute Gasteiger partial charge is 0.135 e. The van der Waals surface area contributed by atoms with Crippen molar-refractivity contribution in [3.8, 4) is 11.4 Å². The van der Waals surface area contributed by atoms with Crippen molar-refractivity contribution < 1.29 is 0 Å². The van der Waals surface area contributed by atoms with Gasteiger partial charge in [0.25, 0.3) is 0 Å². The summed E-state index contributed by atoms with van der Waals surface area (Å²) in [6.07, 6.45) is 3.36. The predicted molar refractivity (Wildman–Crippen MR) is 54.8 cm³/mol. The molecular weight excluding hydrogens is 196 g/mol. The molecule has 0 spiro atoms. The van der Waals surface area contributed by atoms with Crippen LogP contribution in [0.15, 0.2) is 35.5 Å². The summed E-state index contributed by atoms with van der Waals surface area (Å²) in [4.78, 5) is 1.21. The van der Waals surface area contributed by atoms with Crippen LogP contribution in [0.5, 0.6) is 0 Å². The highest BCUT2D eigenvalue weighted by atomic mass is 32.2. The van der Waals surface area contributed by atoms with Crippen molar-refractivity contribution in [3.05, 3.63) is 30.6 Å². The van der Waals surface area contributed by atoms with E-state index in [1.807, 2.05) is 30.5 Å². The first kappa shape index (κ1) is 9.08. The summed E-state index contributed by atoms with van der Waals surface area (Å²) in [5.41, 5.74) is 0.934. The van der Waals surface area contributed by atoms with Gasteiger partial charge in [0.05, 0.1) is 0 Å². The lowest BCUT2D eigenvalue weighted by atomic mass is 10.2. The van der Waals surface area contributed by atoms with Crippen LogP contribution < -0.4 is 0 Å². The topological polar surface area (TPSA) is 51.6 Å². The van der Waals surface area contributed by atoms with Crippen LogP contribution in [0.2, 0.25) is 0 Å². The Labute approximate surface area is 85.8 Å². The van der Waals surface area contributed by atoms with Crippen molar-refractivity contribution in [2.45, 2.75) is 4.90 Å². The quantitative estimate of drug-likeness (QED) is 0.696. The molecule has 0 aliphatic heterocycles. The van der Waals surface area contributed by atoms with Gasteiger partial charge in [0.2, 0.25) is 5.82 Å². The molecule has 1 heterocycles. The minimum Gasteiger partial charge on any atom is -0.135 e. The van der Waals surface area contributed by atoms with Gasteiger partial charge in [-0.3, -0.25) is 0 Å². The molecule has 70 valence electrons. The molecule has 0 saturated heterocycles. The van der Waals surface area contributed by atoms with E-state index in [2.05, 4.69) is 20.4 Å². The van der Waals surface area contributed by atoms with Gasteiger partial charge >= 0.3 is 0 Å². The maximum absolute atomic E-state index is 3.87. The molecule has 0 aliphatic carbocycles. The Morgan fingerprint density at radius 3 is 2.21 bits per heavy atom. The van der Waals surface area contributed by atoms with Gasteiger partial charge in [0.15, 0.2) is 6.33 Å². The van der Waals surface area contributed by atoms with Crippen molar-refractivity contribution in [2.75, 3.05) is 6.26 Å². The summed E-state index contributed by atoms with van der Waals surface area (Å²) < 4.78 is 0. The number of thioether (sulfide) groups is 1. The molecular formula is C9H8N4S. The molecule has 0 saturated carbocycles. The predicted octanol–water partition coefficient (Wildman–Crippen LogP) is 1.66. The molecule has 0 atom stereocenters. The molecule has 2 aromatic rings. The van der Waals surface area contributed by atoms with Crippen LogP contribution in [-0.2, 0) is 0 Å². The van der Waals surface area contributed by atoms with Crippen molar-refractivity contribution in [2.24, 2.45) is 0 Å². The first-order valence-electron chi connectivity index (χ1n) is 4.05. The van der Waals surface area contributed by atoms with Gasteiger partial charge in [-0.2, -0.15) is 0 Å². The fraction of sp³-hybridized carbons (Fsp3) is 0.111. The maximum atomic E-state index is 3.87. The van der Waals surface area contributed by atoms with Crippen molar-refractivity contribution >= 4 is 11.8 Å². The molecule has 4 nitrogen and oxygen atoms in total. The fourth-order valence-corrected chi connectivity index (χ4v) is 1.47. The van der Waals surface area contributed by atoms with Gasteiger partial charge < -0.3 is 0 Å². The largest absolute Gasteiger partial charge is 0.203 e. The van der Waals surface area contributed by atoms with Crippen molar-refractivity contribution in [1.29, 1.82) is 0 Å². The molecule has 0 unspecified atom stereocenters. The van der Waals surface area contributed by atoms with E-state index in [4.69, 9.17) is 0 Å². The molecule has 0 bridgehead atoms. The molecule has 14 heavy (non-hydrogen) atoms. The van der Waals surface area contributed by atoms with Crippen LogP contribution >= 0.6 is 11.8 Å². The van der Waals surface area contributed by atoms with Crippen LogP contribution in [0.1, 0.15) is 0 Å². The van der Waals surface area contributed by atoms with Crippen LogP contribution in [0.25, 0.3) is 11.4 Å². The Morgan fingerprint density at radius 2 is 1.64 bits per heavy atom. The second-order valence-corrected chi connectivity index (χ2v) is 3.48. The second kappa shape index (κ2) is 4.15. The summed E-state index contributed by atoms with van der Waals surface area (Å²) in [6.45, 7) is 0. The third-order valence-corrected chi connectivity index (χ3v) is 2.50. The standard InChI is InChI=1S/C9H8N4S/c1-14-8-4-2-7(3-5-8)9-12-10-6-11-13-9/h2-6H,1H3. The maximum Gasteiger partial charge on any atom is 0.203 e. The first-order chi connectivity index (χ1) is 6.90. The monoisotopic (exact) mass is 204 g/mol. The van der Waals surface area contributed by atoms with Crippen molar-refractivity contribution in [3.63, 3.8) is 0 Å². The molecule has 5 heteroatoms. The SMILES string of the molecule is CSc1ccc(-c2nncnn2)cc1. The Hall–Kier alpha value is -1.49. The molecule has 2 rings (SSSR count). The van der Waals surface area contributed by atoms with Crippen LogP contribution in [-0.4, -0.2) is 26.7 Å². The van der Waals surface area contributed by atoms with Crippen LogP contribution in [0.4, 0.5) is 0 Å². The van der Waals surface area contributed by atoms with Gasteiger partial charge in [0, 0.05) is 10.5 Å². The molecule has 1 aromatic carbocycles. The Bertz CT molecular complexity index is 401. The zero-order chi connectivity index (χ0) is 9.80. The van der Waals surface area contributed by atoms with E-state index < -0.39 is 0 Å². The first-order valence-corrected chi connectivity index (χ1v) is 5.27. The second-order valence-electron chi connectivity index (χ2n) is 2.60. The van der Waals surface area contributed by atoms with E-state index in [0.29, 0.717) is 5.82 Å². The van der Waals surface area contributed by atoms with Crippen LogP contribution in [0, 0.1) is 0 Å². The molecule has 0 fully saturated rings. The zero-order valence-electron chi connectivity index (χ0n) is 7.58. The minimum atomic E-state index is 0.556. The van der Waals surface area contributed by atoms with Gasteiger partial charge in [-0.05, 0) is 30.5 Å². The number of aromatic nitrogens is 4. The lowest BCUT2D eigenvalue weighted by molar-refractivity contribution is 0.864. The third-order valence-electron chi connectivity index (χ3n) is 1.76. The lowest BCUT2D eigenvalue weighted by Crippen LogP contribution is -1.93. The summed E-state index contributed by atoms with van der Waals surface area (Å²) in [5, 5.41) is 15.1. The van der Waals surface area contributed by atoms with E-state index in [1.165, 1.54) is 11.2 Å². The van der Waals surface area contributed by atoms with E-state index in [9.17, 15) is 0 Å². The molecule has 0 radical (unpaired) electrons. The third kappa shape index (κ3) is 1.88. The molecule has 0 amide bonds. The summed E-state index contributed by atoms with van der Waals surface area (Å²) in [7, 11) is 0. The minimum absolute atomic E-state index is 0.556. The molecule has 0 aliphatic rings. The number of nitrogens with zero attached hydrogens (tertiary/aromatic N) is 4. The van der Waals surface area contributed by atoms with Gasteiger partial charge in [-0.15, -0.1) is 32.2 Å². The zero-order valence-corrected chi connectivity index (χ0v) is 8.40. The lowest BCUT2D eigenvalue weighted by Gasteiger charge is -1.98. The molecule has 0 N–H and O–H groups in total. The fourth-order valence-electron chi connectivity index (χ4n) is 1.06. The Balaban J connectivity index is 2.34. The Morgan fingerprint density at radius 1 is 1.00 bits per heavy atom. The average Bonchev–Trinajstić information content (AvgIpc) is 2.30. The summed E-state index contributed by atoms with van der Waals surface area (Å²) in [6, 6.07) is 7.97. The number of rotatable bonds is 2. The highest BCUT2D eigenvalue weighted by Gasteiger charge is 2.00. The summed E-state index contributed by atoms with van der Waals surface area (Å²) >= 11 is 1.70. The van der Waals surface area contributed by atoms with E-state index >= 15 is 0 Å². The normalized spacial score (nSPS) is 10.1. The van der Waals surface area contributed by atoms with Gasteiger partial charge in [-0.1, -0.05) is 0 Å². The molecule has 1 aromatic heterocycles. The van der Waals surface area contributed by atoms with Gasteiger partial charge in [-0.25, -0.2) is 0 Å². The van der Waals surface area contributed by atoms with E-state index in [-0.39, 0.29) is 0 Å². The number of benzene rings is 1. The van der Waals surface area contributed by atoms with Crippen LogP contribution in [0.3, 0.4) is 0 Å². The van der Waals surface area contributed by atoms with Gasteiger partial charge in [0.1, 0.15) is 0 Å². The van der Waals surface area contributed by atoms with E-state index in [1.54, 1.807) is 11.8 Å².